The molecule has 5 heteroatoms. The van der Waals surface area contributed by atoms with Gasteiger partial charge in [-0.15, -0.1) is 0 Å². The van der Waals surface area contributed by atoms with Crippen molar-refractivity contribution in [3.63, 3.8) is 0 Å². The maximum absolute atomic E-state index is 9.14. The van der Waals surface area contributed by atoms with Crippen molar-refractivity contribution < 1.29 is 14.7 Å². The van der Waals surface area contributed by atoms with E-state index in [1.54, 1.807) is 14.2 Å². The zero-order valence-electron chi connectivity index (χ0n) is 13.5. The molecule has 2 unspecified atom stereocenters. The Bertz CT molecular complexity index is 587. The molecule has 0 bridgehead atoms. The van der Waals surface area contributed by atoms with Crippen molar-refractivity contribution in [2.45, 2.75) is 37.1 Å². The number of oxime groups is 1. The average Bonchev–Trinajstić information content (AvgIpc) is 2.91. The van der Waals surface area contributed by atoms with Crippen molar-refractivity contribution in [3.05, 3.63) is 23.8 Å². The molecule has 120 valence electrons. The van der Waals surface area contributed by atoms with Gasteiger partial charge in [-0.3, -0.25) is 0 Å². The van der Waals surface area contributed by atoms with E-state index in [9.17, 15) is 0 Å². The highest BCUT2D eigenvalue weighted by Crippen LogP contribution is 2.49. The third-order valence-electron chi connectivity index (χ3n) is 5.47. The molecule has 3 rings (SSSR count). The van der Waals surface area contributed by atoms with Crippen LogP contribution in [0.4, 0.5) is 0 Å². The summed E-state index contributed by atoms with van der Waals surface area (Å²) in [4.78, 5) is 2.39. The first kappa shape index (κ1) is 15.2. The van der Waals surface area contributed by atoms with Crippen molar-refractivity contribution in [3.8, 4) is 11.5 Å². The molecule has 1 saturated carbocycles. The quantitative estimate of drug-likeness (QED) is 0.689. The molecular formula is C17H24N2O3. The summed E-state index contributed by atoms with van der Waals surface area (Å²) < 4.78 is 10.8. The van der Waals surface area contributed by atoms with Gasteiger partial charge in [-0.25, -0.2) is 0 Å². The van der Waals surface area contributed by atoms with Gasteiger partial charge < -0.3 is 19.6 Å². The van der Waals surface area contributed by atoms with E-state index in [0.29, 0.717) is 6.04 Å². The Balaban J connectivity index is 2.01. The van der Waals surface area contributed by atoms with Gasteiger partial charge in [0.2, 0.25) is 0 Å². The second-order valence-corrected chi connectivity index (χ2v) is 6.34. The zero-order chi connectivity index (χ0) is 15.7. The summed E-state index contributed by atoms with van der Waals surface area (Å²) in [6, 6.07) is 6.65. The number of benzene rings is 1. The molecule has 2 fully saturated rings. The fourth-order valence-corrected chi connectivity index (χ4v) is 4.17. The summed E-state index contributed by atoms with van der Waals surface area (Å²) in [6.07, 6.45) is 3.83. The lowest BCUT2D eigenvalue weighted by molar-refractivity contribution is 0.220. The average molecular weight is 304 g/mol. The topological polar surface area (TPSA) is 54.3 Å². The van der Waals surface area contributed by atoms with E-state index in [4.69, 9.17) is 14.7 Å². The van der Waals surface area contributed by atoms with Crippen LogP contribution in [0.1, 0.15) is 31.2 Å². The largest absolute Gasteiger partial charge is 0.493 e. The van der Waals surface area contributed by atoms with Crippen LogP contribution in [0.15, 0.2) is 23.4 Å². The molecule has 1 aliphatic heterocycles. The van der Waals surface area contributed by atoms with Crippen molar-refractivity contribution in [1.29, 1.82) is 0 Å². The molecule has 0 spiro atoms. The molecule has 2 atom stereocenters. The molecule has 1 N–H and O–H groups in total. The van der Waals surface area contributed by atoms with Crippen molar-refractivity contribution in [2.24, 2.45) is 5.16 Å². The molecule has 2 aliphatic rings. The number of rotatable bonds is 3. The summed E-state index contributed by atoms with van der Waals surface area (Å²) in [5, 5.41) is 12.6. The maximum Gasteiger partial charge on any atom is 0.161 e. The molecule has 0 radical (unpaired) electrons. The van der Waals surface area contributed by atoms with Gasteiger partial charge in [0.25, 0.3) is 0 Å². The Morgan fingerprint density at radius 3 is 2.68 bits per heavy atom. The lowest BCUT2D eigenvalue weighted by Crippen LogP contribution is -2.46. The smallest absolute Gasteiger partial charge is 0.161 e. The van der Waals surface area contributed by atoms with E-state index in [0.717, 1.165) is 49.4 Å². The normalized spacial score (nSPS) is 30.3. The van der Waals surface area contributed by atoms with Crippen LogP contribution in [0.5, 0.6) is 11.5 Å². The maximum atomic E-state index is 9.14. The minimum absolute atomic E-state index is 0.114. The van der Waals surface area contributed by atoms with Crippen molar-refractivity contribution in [1.82, 2.24) is 4.90 Å². The third kappa shape index (κ3) is 2.24. The number of hydrogen-bond acceptors (Lipinski definition) is 5. The Morgan fingerprint density at radius 2 is 2.00 bits per heavy atom. The summed E-state index contributed by atoms with van der Waals surface area (Å²) in [5.74, 6) is 1.54. The Kier molecular flexibility index (Phi) is 4.00. The van der Waals surface area contributed by atoms with Gasteiger partial charge in [-0.1, -0.05) is 11.2 Å². The molecule has 1 saturated heterocycles. The van der Waals surface area contributed by atoms with Crippen LogP contribution in [0.2, 0.25) is 0 Å². The number of likely N-dealkylation sites (tertiary alicyclic amines) is 1. The molecule has 1 aromatic rings. The Hall–Kier alpha value is -1.75. The van der Waals surface area contributed by atoms with Crippen molar-refractivity contribution >= 4 is 5.71 Å². The molecule has 1 aromatic carbocycles. The van der Waals surface area contributed by atoms with Crippen LogP contribution in [-0.4, -0.2) is 49.7 Å². The Morgan fingerprint density at radius 1 is 1.23 bits per heavy atom. The summed E-state index contributed by atoms with van der Waals surface area (Å²) in [7, 11) is 5.50. The number of ether oxygens (including phenoxy) is 2. The van der Waals surface area contributed by atoms with E-state index in [1.165, 1.54) is 5.56 Å². The summed E-state index contributed by atoms with van der Waals surface area (Å²) >= 11 is 0. The van der Waals surface area contributed by atoms with Crippen LogP contribution < -0.4 is 9.47 Å². The van der Waals surface area contributed by atoms with Gasteiger partial charge in [0.1, 0.15) is 0 Å². The molecule has 0 amide bonds. The van der Waals surface area contributed by atoms with E-state index >= 15 is 0 Å². The van der Waals surface area contributed by atoms with Gasteiger partial charge in [0.15, 0.2) is 11.5 Å². The number of likely N-dealkylation sites (N-methyl/N-ethyl adjacent to an activating group) is 1. The highest BCUT2D eigenvalue weighted by Gasteiger charge is 2.49. The molecule has 5 nitrogen and oxygen atoms in total. The van der Waals surface area contributed by atoms with Gasteiger partial charge in [-0.05, 0) is 50.6 Å². The van der Waals surface area contributed by atoms with E-state index in [1.807, 2.05) is 6.07 Å². The van der Waals surface area contributed by atoms with Gasteiger partial charge in [0, 0.05) is 17.9 Å². The van der Waals surface area contributed by atoms with E-state index in [2.05, 4.69) is 29.2 Å². The second-order valence-electron chi connectivity index (χ2n) is 6.34. The Labute approximate surface area is 131 Å². The minimum Gasteiger partial charge on any atom is -0.493 e. The van der Waals surface area contributed by atoms with Crippen LogP contribution >= 0.6 is 0 Å². The van der Waals surface area contributed by atoms with Crippen LogP contribution in [0, 0.1) is 0 Å². The second kappa shape index (κ2) is 5.80. The monoisotopic (exact) mass is 304 g/mol. The first-order chi connectivity index (χ1) is 10.6. The first-order valence-electron chi connectivity index (χ1n) is 7.77. The lowest BCUT2D eigenvalue weighted by atomic mass is 9.65. The van der Waals surface area contributed by atoms with E-state index < -0.39 is 0 Å². The van der Waals surface area contributed by atoms with Crippen LogP contribution in [-0.2, 0) is 5.41 Å². The third-order valence-corrected chi connectivity index (χ3v) is 5.47. The molecule has 1 heterocycles. The fraction of sp³-hybridized carbons (Fsp3) is 0.588. The lowest BCUT2D eigenvalue weighted by Gasteiger charge is -2.42. The highest BCUT2D eigenvalue weighted by atomic mass is 16.5. The first-order valence-corrected chi connectivity index (χ1v) is 7.77. The molecule has 0 aromatic heterocycles. The zero-order valence-corrected chi connectivity index (χ0v) is 13.5. The number of methoxy groups -OCH3 is 2. The fourth-order valence-electron chi connectivity index (χ4n) is 4.17. The van der Waals surface area contributed by atoms with Crippen LogP contribution in [0.3, 0.4) is 0 Å². The number of hydrogen-bond donors (Lipinski definition) is 1. The number of nitrogens with zero attached hydrogens (tertiary/aromatic N) is 2. The van der Waals surface area contributed by atoms with Crippen LogP contribution in [0.25, 0.3) is 0 Å². The molecular weight excluding hydrogens is 280 g/mol. The summed E-state index contributed by atoms with van der Waals surface area (Å²) in [6.45, 7) is 1.07. The SMILES string of the molecule is COc1ccc(C23CC/C(=N/O)CC2N(C)CC3)cc1OC. The van der Waals surface area contributed by atoms with E-state index in [-0.39, 0.29) is 5.41 Å². The highest BCUT2D eigenvalue weighted by molar-refractivity contribution is 5.86. The molecule has 22 heavy (non-hydrogen) atoms. The standard InChI is InChI=1S/C17H24N2O3/c1-19-9-8-17(7-6-13(18-20)11-16(17)19)12-4-5-14(21-2)15(10-12)22-3/h4-5,10,16,20H,6-9,11H2,1-3H3/b18-13-. The van der Waals surface area contributed by atoms with Crippen molar-refractivity contribution in [2.75, 3.05) is 27.8 Å². The van der Waals surface area contributed by atoms with Gasteiger partial charge in [0.05, 0.1) is 19.9 Å². The van der Waals surface area contributed by atoms with Gasteiger partial charge >= 0.3 is 0 Å². The predicted octanol–water partition coefficient (Wildman–Crippen LogP) is 2.66. The summed E-state index contributed by atoms with van der Waals surface area (Å²) in [5.41, 5.74) is 2.33. The predicted molar refractivity (Wildman–Crippen MR) is 85.3 cm³/mol. The minimum atomic E-state index is 0.114. The number of fused-ring (bicyclic) bond motifs is 1. The van der Waals surface area contributed by atoms with Gasteiger partial charge in [-0.2, -0.15) is 0 Å². The molecule has 1 aliphatic carbocycles.